The lowest BCUT2D eigenvalue weighted by Gasteiger charge is -2.25. The van der Waals surface area contributed by atoms with E-state index in [4.69, 9.17) is 15.2 Å². The highest BCUT2D eigenvalue weighted by Gasteiger charge is 2.23. The largest absolute Gasteiger partial charge is 0.508 e. The second-order valence-electron chi connectivity index (χ2n) is 6.18. The number of anilines is 2. The third-order valence-corrected chi connectivity index (χ3v) is 4.04. The molecule has 0 atom stereocenters. The average Bonchev–Trinajstić information content (AvgIpc) is 2.68. The Morgan fingerprint density at radius 2 is 1.82 bits per heavy atom. The van der Waals surface area contributed by atoms with Crippen molar-refractivity contribution < 1.29 is 24.2 Å². The number of nitrogens with two attached hydrogens (primary N) is 1. The molecule has 0 fully saturated rings. The van der Waals surface area contributed by atoms with Crippen molar-refractivity contribution in [2.24, 2.45) is 0 Å². The van der Waals surface area contributed by atoms with Crippen LogP contribution < -0.4 is 15.4 Å². The lowest BCUT2D eigenvalue weighted by molar-refractivity contribution is -0.120. The van der Waals surface area contributed by atoms with Crippen molar-refractivity contribution in [2.45, 2.75) is 26.7 Å². The van der Waals surface area contributed by atoms with Crippen LogP contribution in [-0.4, -0.2) is 36.7 Å². The maximum absolute atomic E-state index is 12.9. The van der Waals surface area contributed by atoms with Crippen LogP contribution in [0.5, 0.6) is 11.5 Å². The van der Waals surface area contributed by atoms with Crippen LogP contribution in [0.3, 0.4) is 0 Å². The summed E-state index contributed by atoms with van der Waals surface area (Å²) in [5, 5.41) is 9.33. The van der Waals surface area contributed by atoms with Crippen molar-refractivity contribution in [1.82, 2.24) is 0 Å². The van der Waals surface area contributed by atoms with Gasteiger partial charge in [0.1, 0.15) is 11.5 Å². The molecule has 0 aliphatic heterocycles. The van der Waals surface area contributed by atoms with E-state index in [1.807, 2.05) is 6.92 Å². The zero-order chi connectivity index (χ0) is 20.5. The summed E-state index contributed by atoms with van der Waals surface area (Å²) in [5.41, 5.74) is 7.03. The number of phenols is 1. The second-order valence-corrected chi connectivity index (χ2v) is 6.18. The number of ether oxygens (including phenoxy) is 2. The molecule has 0 aliphatic rings. The van der Waals surface area contributed by atoms with Crippen molar-refractivity contribution in [2.75, 3.05) is 30.4 Å². The molecule has 0 saturated carbocycles. The first-order valence-corrected chi connectivity index (χ1v) is 9.25. The standard InChI is InChI=1S/C21H26N2O5/c1-3-5-12-23(20(25)14-28-17-9-7-16(24)8-10-17)19-13-15(22)6-11-18(19)21(26)27-4-2/h6-11,13,24H,3-5,12,14,22H2,1-2H3. The molecule has 1 amide bonds. The highest BCUT2D eigenvalue weighted by atomic mass is 16.5. The first-order valence-electron chi connectivity index (χ1n) is 9.25. The maximum Gasteiger partial charge on any atom is 0.340 e. The zero-order valence-electron chi connectivity index (χ0n) is 16.2. The first-order chi connectivity index (χ1) is 13.5. The molecule has 0 aromatic heterocycles. The van der Waals surface area contributed by atoms with E-state index in [1.54, 1.807) is 37.3 Å². The number of amides is 1. The van der Waals surface area contributed by atoms with Crippen LogP contribution in [0.15, 0.2) is 42.5 Å². The molecule has 7 heteroatoms. The smallest absolute Gasteiger partial charge is 0.340 e. The molecule has 2 aromatic carbocycles. The number of carbonyl (C=O) groups is 2. The molecular formula is C21H26N2O5. The molecule has 0 radical (unpaired) electrons. The first kappa shape index (κ1) is 21.1. The highest BCUT2D eigenvalue weighted by Crippen LogP contribution is 2.26. The number of aromatic hydroxyl groups is 1. The van der Waals surface area contributed by atoms with Gasteiger partial charge in [0.05, 0.1) is 17.9 Å². The molecular weight excluding hydrogens is 360 g/mol. The normalized spacial score (nSPS) is 10.4. The summed E-state index contributed by atoms with van der Waals surface area (Å²) in [6.45, 7) is 4.17. The van der Waals surface area contributed by atoms with E-state index in [0.717, 1.165) is 12.8 Å². The SMILES string of the molecule is CCCCN(C(=O)COc1ccc(O)cc1)c1cc(N)ccc1C(=O)OCC. The minimum absolute atomic E-state index is 0.113. The van der Waals surface area contributed by atoms with E-state index in [0.29, 0.717) is 23.7 Å². The van der Waals surface area contributed by atoms with E-state index in [9.17, 15) is 14.7 Å². The fourth-order valence-corrected chi connectivity index (χ4v) is 2.61. The van der Waals surface area contributed by atoms with Gasteiger partial charge in [-0.05, 0) is 55.8 Å². The van der Waals surface area contributed by atoms with Gasteiger partial charge in [-0.1, -0.05) is 13.3 Å². The number of hydrogen-bond donors (Lipinski definition) is 2. The van der Waals surface area contributed by atoms with Gasteiger partial charge in [0, 0.05) is 12.2 Å². The maximum atomic E-state index is 12.9. The summed E-state index contributed by atoms with van der Waals surface area (Å²) in [4.78, 5) is 26.7. The van der Waals surface area contributed by atoms with Crippen LogP contribution in [0.2, 0.25) is 0 Å². The monoisotopic (exact) mass is 386 g/mol. The van der Waals surface area contributed by atoms with Crippen LogP contribution in [0.25, 0.3) is 0 Å². The second kappa shape index (κ2) is 10.2. The fraction of sp³-hybridized carbons (Fsp3) is 0.333. The summed E-state index contributed by atoms with van der Waals surface area (Å²) in [7, 11) is 0. The van der Waals surface area contributed by atoms with Crippen molar-refractivity contribution in [1.29, 1.82) is 0 Å². The summed E-state index contributed by atoms with van der Waals surface area (Å²) in [5.74, 6) is -0.245. The third kappa shape index (κ3) is 5.64. The van der Waals surface area contributed by atoms with E-state index in [-0.39, 0.29) is 30.4 Å². The predicted octanol–water partition coefficient (Wildman–Crippen LogP) is 3.36. The van der Waals surface area contributed by atoms with Crippen molar-refractivity contribution in [3.63, 3.8) is 0 Å². The van der Waals surface area contributed by atoms with Crippen LogP contribution in [-0.2, 0) is 9.53 Å². The number of unbranched alkanes of at least 4 members (excludes halogenated alkanes) is 1. The number of carbonyl (C=O) groups excluding carboxylic acids is 2. The molecule has 28 heavy (non-hydrogen) atoms. The average molecular weight is 386 g/mol. The Morgan fingerprint density at radius 3 is 2.46 bits per heavy atom. The molecule has 2 rings (SSSR count). The third-order valence-electron chi connectivity index (χ3n) is 4.04. The topological polar surface area (TPSA) is 102 Å². The molecule has 7 nitrogen and oxygen atoms in total. The molecule has 0 saturated heterocycles. The van der Waals surface area contributed by atoms with Gasteiger partial charge in [-0.15, -0.1) is 0 Å². The van der Waals surface area contributed by atoms with Crippen LogP contribution >= 0.6 is 0 Å². The van der Waals surface area contributed by atoms with Gasteiger partial charge in [-0.3, -0.25) is 4.79 Å². The van der Waals surface area contributed by atoms with Gasteiger partial charge in [0.25, 0.3) is 5.91 Å². The number of esters is 1. The van der Waals surface area contributed by atoms with Gasteiger partial charge in [-0.25, -0.2) is 4.79 Å². The Morgan fingerprint density at radius 1 is 1.11 bits per heavy atom. The molecule has 3 N–H and O–H groups in total. The number of nitrogen functional groups attached to an aromatic ring is 1. The summed E-state index contributed by atoms with van der Waals surface area (Å²) in [6, 6.07) is 10.9. The van der Waals surface area contributed by atoms with Crippen molar-refractivity contribution in [3.05, 3.63) is 48.0 Å². The number of hydrogen-bond acceptors (Lipinski definition) is 6. The van der Waals surface area contributed by atoms with Crippen molar-refractivity contribution in [3.8, 4) is 11.5 Å². The van der Waals surface area contributed by atoms with Gasteiger partial charge in [0.2, 0.25) is 0 Å². The van der Waals surface area contributed by atoms with E-state index in [1.165, 1.54) is 17.0 Å². The quantitative estimate of drug-likeness (QED) is 0.506. The lowest BCUT2D eigenvalue weighted by atomic mass is 10.1. The summed E-state index contributed by atoms with van der Waals surface area (Å²) in [6.07, 6.45) is 1.63. The number of benzene rings is 2. The van der Waals surface area contributed by atoms with Crippen molar-refractivity contribution >= 4 is 23.3 Å². The predicted molar refractivity (Wildman–Crippen MR) is 108 cm³/mol. The van der Waals surface area contributed by atoms with E-state index < -0.39 is 5.97 Å². The molecule has 150 valence electrons. The Hall–Kier alpha value is -3.22. The molecule has 0 unspecified atom stereocenters. The molecule has 0 bridgehead atoms. The Kier molecular flexibility index (Phi) is 7.68. The molecule has 0 aliphatic carbocycles. The van der Waals surface area contributed by atoms with Gasteiger partial charge >= 0.3 is 5.97 Å². The van der Waals surface area contributed by atoms with Gasteiger partial charge in [0.15, 0.2) is 6.61 Å². The minimum atomic E-state index is -0.508. The van der Waals surface area contributed by atoms with E-state index >= 15 is 0 Å². The van der Waals surface area contributed by atoms with E-state index in [2.05, 4.69) is 0 Å². The Balaban J connectivity index is 2.26. The van der Waals surface area contributed by atoms with Gasteiger partial charge in [-0.2, -0.15) is 0 Å². The minimum Gasteiger partial charge on any atom is -0.508 e. The number of rotatable bonds is 9. The fourth-order valence-electron chi connectivity index (χ4n) is 2.61. The summed E-state index contributed by atoms with van der Waals surface area (Å²) < 4.78 is 10.6. The highest BCUT2D eigenvalue weighted by molar-refractivity contribution is 6.03. The zero-order valence-corrected chi connectivity index (χ0v) is 16.2. The molecule has 2 aromatic rings. The number of nitrogens with zero attached hydrogens (tertiary/aromatic N) is 1. The number of phenolic OH excluding ortho intramolecular Hbond substituents is 1. The van der Waals surface area contributed by atoms with Crippen LogP contribution in [0, 0.1) is 0 Å². The Labute approximate surface area is 164 Å². The van der Waals surface area contributed by atoms with Crippen LogP contribution in [0.1, 0.15) is 37.0 Å². The molecule has 0 heterocycles. The van der Waals surface area contributed by atoms with Crippen LogP contribution in [0.4, 0.5) is 11.4 Å². The summed E-state index contributed by atoms with van der Waals surface area (Å²) >= 11 is 0. The molecule has 0 spiro atoms. The lowest BCUT2D eigenvalue weighted by Crippen LogP contribution is -2.37. The Bertz CT molecular complexity index is 805. The van der Waals surface area contributed by atoms with Gasteiger partial charge < -0.3 is 25.2 Å².